The summed E-state index contributed by atoms with van der Waals surface area (Å²) in [5, 5.41) is 9.67. The van der Waals surface area contributed by atoms with Crippen molar-refractivity contribution in [1.29, 1.82) is 0 Å². The summed E-state index contributed by atoms with van der Waals surface area (Å²) < 4.78 is 51.4. The van der Waals surface area contributed by atoms with Gasteiger partial charge in [0.05, 0.1) is 6.27 Å². The van der Waals surface area contributed by atoms with Gasteiger partial charge in [0.15, 0.2) is 0 Å². The Morgan fingerprint density at radius 1 is 1.30 bits per heavy atom. The van der Waals surface area contributed by atoms with Crippen LogP contribution in [0.25, 0.3) is 0 Å². The number of rotatable bonds is 5. The van der Waals surface area contributed by atoms with Crippen molar-refractivity contribution >= 4 is 24.1 Å². The van der Waals surface area contributed by atoms with Crippen molar-refractivity contribution in [3.05, 3.63) is 22.3 Å². The second kappa shape index (κ2) is 8.37. The number of hydrogen-bond donors (Lipinski definition) is 2. The molecule has 1 aliphatic heterocycles. The first-order valence-electron chi connectivity index (χ1n) is 10.9. The molecule has 0 saturated heterocycles. The lowest BCUT2D eigenvalue weighted by molar-refractivity contribution is -0.138. The molecule has 1 heterocycles. The van der Waals surface area contributed by atoms with E-state index < -0.39 is 36.5 Å². The molecule has 0 aliphatic carbocycles. The summed E-state index contributed by atoms with van der Waals surface area (Å²) in [7, 11) is -6.42. The summed E-state index contributed by atoms with van der Waals surface area (Å²) in [4.78, 5) is 11.9. The van der Waals surface area contributed by atoms with Crippen LogP contribution in [0.15, 0.2) is 4.90 Å². The van der Waals surface area contributed by atoms with E-state index in [1.165, 1.54) is 0 Å². The zero-order valence-corrected chi connectivity index (χ0v) is 20.8. The molecule has 2 rings (SSSR count). The summed E-state index contributed by atoms with van der Waals surface area (Å²) in [6.07, 6.45) is -0.481. The summed E-state index contributed by atoms with van der Waals surface area (Å²) in [6.45, 7) is 14.8. The zero-order valence-electron chi connectivity index (χ0n) is 21.0. The Morgan fingerprint density at radius 2 is 1.90 bits per heavy atom. The second-order valence-electron chi connectivity index (χ2n) is 9.36. The highest BCUT2D eigenvalue weighted by atomic mass is 32.2. The van der Waals surface area contributed by atoms with E-state index in [1.807, 2.05) is 38.2 Å². The number of nitrogens with one attached hydrogen (secondary N) is 1. The first kappa shape index (κ1) is 21.4. The fraction of sp³-hybridized carbons (Fsp3) is 0.591. The maximum atomic E-state index is 13.4. The Morgan fingerprint density at radius 3 is 2.43 bits per heavy atom. The maximum Gasteiger partial charge on any atom is 0.322 e. The zero-order chi connectivity index (χ0) is 24.9. The van der Waals surface area contributed by atoms with Crippen molar-refractivity contribution < 1.29 is 25.8 Å². The van der Waals surface area contributed by atoms with Crippen LogP contribution in [0.3, 0.4) is 0 Å². The smallest absolute Gasteiger partial charge is 0.322 e. The third-order valence-corrected chi connectivity index (χ3v) is 7.61. The van der Waals surface area contributed by atoms with Crippen LogP contribution in [-0.2, 0) is 21.2 Å². The predicted octanol–water partition coefficient (Wildman–Crippen LogP) is 3.72. The molecule has 0 aromatic heterocycles. The van der Waals surface area contributed by atoms with Gasteiger partial charge < -0.3 is 9.84 Å². The molecule has 0 saturated carbocycles. The van der Waals surface area contributed by atoms with Gasteiger partial charge in [-0.2, -0.15) is 4.72 Å². The van der Waals surface area contributed by atoms with Crippen LogP contribution in [0.5, 0.6) is 5.75 Å². The van der Waals surface area contributed by atoms with Crippen LogP contribution in [0, 0.1) is 32.2 Å². The number of hydrogen-bond acceptors (Lipinski definition) is 4. The normalized spacial score (nSPS) is 19.7. The van der Waals surface area contributed by atoms with Crippen LogP contribution < -0.4 is 9.46 Å². The van der Waals surface area contributed by atoms with Crippen LogP contribution in [-0.4, -0.2) is 39.2 Å². The molecular weight excluding hydrogens is 418 g/mol. The molecule has 8 heteroatoms. The molecule has 0 amide bonds. The number of benzene rings is 1. The van der Waals surface area contributed by atoms with Crippen molar-refractivity contribution in [2.24, 2.45) is 0 Å². The molecule has 1 aromatic rings. The van der Waals surface area contributed by atoms with Gasteiger partial charge in [0.1, 0.15) is 25.4 Å². The van der Waals surface area contributed by atoms with Crippen molar-refractivity contribution in [2.45, 2.75) is 90.0 Å². The topological polar surface area (TPSA) is 92.7 Å². The number of carboxylic acids is 1. The molecule has 0 radical (unpaired) electrons. The standard InChI is InChI=1S/C22H33NO5SSi/c1-14-15(2)20(16(3)17-11-12-22(4,5)28-19(14)17)29(26,27)23-18(21(24)25)10-9-13-30(6,7)8/h18,23H,10-12H2,1-8H3,(H,24,25)/t18-/m1/s1/i10D,18D/t10-,18+/m0. The van der Waals surface area contributed by atoms with E-state index in [2.05, 4.69) is 11.5 Å². The molecular formula is C22H33NO5SSi. The molecule has 1 aromatic carbocycles. The lowest BCUT2D eigenvalue weighted by atomic mass is 9.88. The van der Waals surface area contributed by atoms with Crippen molar-refractivity contribution in [2.75, 3.05) is 0 Å². The minimum absolute atomic E-state index is 0.0692. The molecule has 1 aliphatic rings. The maximum absolute atomic E-state index is 13.4. The quantitative estimate of drug-likeness (QED) is 0.524. The van der Waals surface area contributed by atoms with Gasteiger partial charge in [-0.15, -0.1) is 11.5 Å². The van der Waals surface area contributed by atoms with Gasteiger partial charge in [-0.1, -0.05) is 19.6 Å². The third kappa shape index (κ3) is 5.45. The molecule has 0 unspecified atom stereocenters. The first-order valence-corrected chi connectivity index (χ1v) is 14.8. The van der Waals surface area contributed by atoms with Crippen molar-refractivity contribution in [3.63, 3.8) is 0 Å². The van der Waals surface area contributed by atoms with Crippen LogP contribution in [0.2, 0.25) is 19.6 Å². The molecule has 30 heavy (non-hydrogen) atoms. The van der Waals surface area contributed by atoms with Gasteiger partial charge in [0.25, 0.3) is 0 Å². The molecule has 2 N–H and O–H groups in total. The highest BCUT2D eigenvalue weighted by molar-refractivity contribution is 7.89. The van der Waals surface area contributed by atoms with E-state index in [9.17, 15) is 18.3 Å². The van der Waals surface area contributed by atoms with E-state index in [1.54, 1.807) is 20.8 Å². The van der Waals surface area contributed by atoms with Gasteiger partial charge in [-0.05, 0) is 69.7 Å². The van der Waals surface area contributed by atoms with Gasteiger partial charge in [-0.25, -0.2) is 8.42 Å². The summed E-state index contributed by atoms with van der Waals surface area (Å²) in [5.74, 6) is 1.36. The fourth-order valence-corrected chi connectivity index (χ4v) is 5.53. The number of fused-ring (bicyclic) bond motifs is 1. The first-order chi connectivity index (χ1) is 14.3. The molecule has 6 nitrogen and oxygen atoms in total. The Hall–Kier alpha value is -1.82. The lowest BCUT2D eigenvalue weighted by Crippen LogP contribution is -2.41. The van der Waals surface area contributed by atoms with E-state index in [-0.39, 0.29) is 10.5 Å². The third-order valence-electron chi connectivity index (χ3n) is 5.07. The molecule has 0 spiro atoms. The Kier molecular flexibility index (Phi) is 5.97. The Bertz CT molecular complexity index is 1120. The fourth-order valence-electron chi connectivity index (χ4n) is 3.41. The summed E-state index contributed by atoms with van der Waals surface area (Å²) in [5.41, 5.74) is 4.79. The number of ether oxygens (including phenoxy) is 1. The number of carbonyl (C=O) groups is 1. The Balaban J connectivity index is 2.61. The van der Waals surface area contributed by atoms with Crippen LogP contribution in [0.1, 0.15) is 51.7 Å². The van der Waals surface area contributed by atoms with E-state index >= 15 is 0 Å². The second-order valence-corrected chi connectivity index (χ2v) is 15.7. The molecule has 2 atom stereocenters. The van der Waals surface area contributed by atoms with Crippen molar-refractivity contribution in [1.82, 2.24) is 4.72 Å². The van der Waals surface area contributed by atoms with Crippen LogP contribution in [0.4, 0.5) is 0 Å². The van der Waals surface area contributed by atoms with Gasteiger partial charge >= 0.3 is 5.97 Å². The highest BCUT2D eigenvalue weighted by Crippen LogP contribution is 2.42. The SMILES string of the molecule is [2H][C@@H](C#C[Si](C)(C)C)[C@@]([2H])(NS(=O)(=O)c1c(C)c(C)c2c(c1C)CCC(C)(C)O2)C(=O)O. The minimum atomic E-state index is -4.46. The minimum Gasteiger partial charge on any atom is -0.487 e. The summed E-state index contributed by atoms with van der Waals surface area (Å²) >= 11 is 0. The van der Waals surface area contributed by atoms with E-state index in [0.29, 0.717) is 35.3 Å². The largest absolute Gasteiger partial charge is 0.487 e. The average Bonchev–Trinajstić information content (AvgIpc) is 2.62. The molecule has 0 bridgehead atoms. The Labute approximate surface area is 184 Å². The lowest BCUT2D eigenvalue weighted by Gasteiger charge is -2.35. The highest BCUT2D eigenvalue weighted by Gasteiger charge is 2.34. The molecule has 0 fully saturated rings. The van der Waals surface area contributed by atoms with Gasteiger partial charge in [0.2, 0.25) is 10.0 Å². The van der Waals surface area contributed by atoms with Gasteiger partial charge in [-0.3, -0.25) is 4.79 Å². The summed E-state index contributed by atoms with van der Waals surface area (Å²) in [6, 6.07) is -2.85. The van der Waals surface area contributed by atoms with E-state index in [0.717, 1.165) is 5.56 Å². The monoisotopic (exact) mass is 453 g/mol. The molecule has 166 valence electrons. The predicted molar refractivity (Wildman–Crippen MR) is 121 cm³/mol. The van der Waals surface area contributed by atoms with Gasteiger partial charge in [0, 0.05) is 7.77 Å². The number of aliphatic carboxylic acids is 1. The number of sulfonamides is 1. The van der Waals surface area contributed by atoms with E-state index in [4.69, 9.17) is 7.48 Å². The van der Waals surface area contributed by atoms with Crippen molar-refractivity contribution in [3.8, 4) is 17.2 Å². The average molecular weight is 454 g/mol. The van der Waals surface area contributed by atoms with Crippen LogP contribution >= 0.6 is 0 Å². The number of carboxylic acid groups (broad SMARTS) is 1.